The lowest BCUT2D eigenvalue weighted by atomic mass is 10.1. The SMILES string of the molecule is CCCCCCNC(=NC)NCc1cccc(C(=O)NCC)c1.I. The molecule has 136 valence electrons. The maximum Gasteiger partial charge on any atom is 0.251 e. The monoisotopic (exact) mass is 446 g/mol. The van der Waals surface area contributed by atoms with Gasteiger partial charge in [0.2, 0.25) is 0 Å². The molecular weight excluding hydrogens is 415 g/mol. The Labute approximate surface area is 163 Å². The first kappa shape index (κ1) is 22.7. The third kappa shape index (κ3) is 9.10. The number of carbonyl (C=O) groups excluding carboxylic acids is 1. The number of aliphatic imine (C=N–C) groups is 1. The van der Waals surface area contributed by atoms with E-state index >= 15 is 0 Å². The van der Waals surface area contributed by atoms with Gasteiger partial charge >= 0.3 is 0 Å². The average molecular weight is 446 g/mol. The molecule has 24 heavy (non-hydrogen) atoms. The van der Waals surface area contributed by atoms with Gasteiger partial charge < -0.3 is 16.0 Å². The summed E-state index contributed by atoms with van der Waals surface area (Å²) < 4.78 is 0. The molecule has 0 saturated carbocycles. The minimum Gasteiger partial charge on any atom is -0.356 e. The number of benzene rings is 1. The molecule has 0 saturated heterocycles. The van der Waals surface area contributed by atoms with Crippen LogP contribution in [0.5, 0.6) is 0 Å². The Kier molecular flexibility index (Phi) is 13.3. The van der Waals surface area contributed by atoms with Gasteiger partial charge in [0.1, 0.15) is 0 Å². The number of halogens is 1. The van der Waals surface area contributed by atoms with Gasteiger partial charge in [-0.1, -0.05) is 38.3 Å². The number of carbonyl (C=O) groups is 1. The number of nitrogens with zero attached hydrogens (tertiary/aromatic N) is 1. The number of unbranched alkanes of at least 4 members (excludes halogenated alkanes) is 3. The van der Waals surface area contributed by atoms with E-state index in [9.17, 15) is 4.79 Å². The predicted molar refractivity (Wildman–Crippen MR) is 112 cm³/mol. The largest absolute Gasteiger partial charge is 0.356 e. The summed E-state index contributed by atoms with van der Waals surface area (Å²) in [6.07, 6.45) is 4.92. The third-order valence-electron chi connectivity index (χ3n) is 3.53. The van der Waals surface area contributed by atoms with Gasteiger partial charge in [0.25, 0.3) is 5.91 Å². The Balaban J connectivity index is 0.00000529. The van der Waals surface area contributed by atoms with E-state index in [0.29, 0.717) is 18.7 Å². The van der Waals surface area contributed by atoms with E-state index < -0.39 is 0 Å². The number of nitrogens with one attached hydrogen (secondary N) is 3. The van der Waals surface area contributed by atoms with E-state index in [1.54, 1.807) is 7.05 Å². The predicted octanol–water partition coefficient (Wildman–Crippen LogP) is 3.30. The van der Waals surface area contributed by atoms with Crippen LogP contribution in [-0.4, -0.2) is 32.0 Å². The molecule has 0 fully saturated rings. The second kappa shape index (κ2) is 14.1. The van der Waals surface area contributed by atoms with E-state index in [-0.39, 0.29) is 29.9 Å². The lowest BCUT2D eigenvalue weighted by molar-refractivity contribution is 0.0955. The topological polar surface area (TPSA) is 65.5 Å². The molecule has 0 unspecified atom stereocenters. The molecule has 1 rings (SSSR count). The summed E-state index contributed by atoms with van der Waals surface area (Å²) in [6.45, 7) is 6.33. The van der Waals surface area contributed by atoms with Crippen molar-refractivity contribution in [2.75, 3.05) is 20.1 Å². The standard InChI is InChI=1S/C18H30N4O.HI/c1-4-6-7-8-12-21-18(19-3)22-14-15-10-9-11-16(13-15)17(23)20-5-2;/h9-11,13H,4-8,12,14H2,1-3H3,(H,20,23)(H2,19,21,22);1H. The molecule has 1 aromatic rings. The Morgan fingerprint density at radius 2 is 1.88 bits per heavy atom. The highest BCUT2D eigenvalue weighted by Gasteiger charge is 2.05. The van der Waals surface area contributed by atoms with Crippen molar-refractivity contribution in [2.24, 2.45) is 4.99 Å². The van der Waals surface area contributed by atoms with Crippen LogP contribution in [0.15, 0.2) is 29.3 Å². The van der Waals surface area contributed by atoms with E-state index in [4.69, 9.17) is 0 Å². The fourth-order valence-electron chi connectivity index (χ4n) is 2.25. The van der Waals surface area contributed by atoms with Gasteiger partial charge in [-0.3, -0.25) is 9.79 Å². The summed E-state index contributed by atoms with van der Waals surface area (Å²) >= 11 is 0. The van der Waals surface area contributed by atoms with E-state index in [1.807, 2.05) is 31.2 Å². The van der Waals surface area contributed by atoms with Crippen molar-refractivity contribution in [2.45, 2.75) is 46.1 Å². The average Bonchev–Trinajstić information content (AvgIpc) is 2.58. The van der Waals surface area contributed by atoms with Crippen LogP contribution in [0.1, 0.15) is 55.5 Å². The zero-order valence-electron chi connectivity index (χ0n) is 15.0. The molecule has 0 heterocycles. The molecular formula is C18H31IN4O. The lowest BCUT2D eigenvalue weighted by Gasteiger charge is -2.12. The van der Waals surface area contributed by atoms with Crippen molar-refractivity contribution in [3.8, 4) is 0 Å². The van der Waals surface area contributed by atoms with E-state index in [1.165, 1.54) is 19.3 Å². The summed E-state index contributed by atoms with van der Waals surface area (Å²) in [4.78, 5) is 16.1. The van der Waals surface area contributed by atoms with Crippen molar-refractivity contribution in [3.63, 3.8) is 0 Å². The van der Waals surface area contributed by atoms with Gasteiger partial charge in [-0.05, 0) is 31.0 Å². The molecule has 0 aromatic heterocycles. The molecule has 3 N–H and O–H groups in total. The Morgan fingerprint density at radius 3 is 2.54 bits per heavy atom. The van der Waals surface area contributed by atoms with Gasteiger partial charge in [-0.15, -0.1) is 24.0 Å². The minimum absolute atomic E-state index is 0. The molecule has 0 bridgehead atoms. The van der Waals surface area contributed by atoms with Gasteiger partial charge in [-0.25, -0.2) is 0 Å². The molecule has 1 aromatic carbocycles. The van der Waals surface area contributed by atoms with Crippen LogP contribution in [0, 0.1) is 0 Å². The van der Waals surface area contributed by atoms with Crippen molar-refractivity contribution in [1.82, 2.24) is 16.0 Å². The number of hydrogen-bond acceptors (Lipinski definition) is 2. The van der Waals surface area contributed by atoms with Crippen LogP contribution in [0.3, 0.4) is 0 Å². The first-order chi connectivity index (χ1) is 11.2. The van der Waals surface area contributed by atoms with Gasteiger partial charge in [0, 0.05) is 32.2 Å². The lowest BCUT2D eigenvalue weighted by Crippen LogP contribution is -2.37. The summed E-state index contributed by atoms with van der Waals surface area (Å²) in [5.74, 6) is 0.762. The minimum atomic E-state index is -0.0345. The highest BCUT2D eigenvalue weighted by atomic mass is 127. The Bertz CT molecular complexity index is 506. The molecule has 0 aliphatic rings. The second-order valence-electron chi connectivity index (χ2n) is 5.47. The first-order valence-electron chi connectivity index (χ1n) is 8.52. The maximum atomic E-state index is 11.9. The van der Waals surface area contributed by atoms with Gasteiger partial charge in [-0.2, -0.15) is 0 Å². The van der Waals surface area contributed by atoms with Crippen molar-refractivity contribution < 1.29 is 4.79 Å². The fraction of sp³-hybridized carbons (Fsp3) is 0.556. The maximum absolute atomic E-state index is 11.9. The Morgan fingerprint density at radius 1 is 1.08 bits per heavy atom. The second-order valence-corrected chi connectivity index (χ2v) is 5.47. The highest BCUT2D eigenvalue weighted by molar-refractivity contribution is 14.0. The molecule has 0 aliphatic carbocycles. The van der Waals surface area contributed by atoms with Crippen LogP contribution in [0.25, 0.3) is 0 Å². The zero-order chi connectivity index (χ0) is 16.9. The summed E-state index contributed by atoms with van der Waals surface area (Å²) in [5.41, 5.74) is 1.75. The molecule has 6 heteroatoms. The van der Waals surface area contributed by atoms with E-state index in [0.717, 1.165) is 24.5 Å². The molecule has 1 amide bonds. The molecule has 0 atom stereocenters. The Hall–Kier alpha value is -1.31. The first-order valence-corrected chi connectivity index (χ1v) is 8.52. The molecule has 0 radical (unpaired) electrons. The molecule has 0 aliphatic heterocycles. The highest BCUT2D eigenvalue weighted by Crippen LogP contribution is 2.05. The van der Waals surface area contributed by atoms with E-state index in [2.05, 4.69) is 27.9 Å². The summed E-state index contributed by atoms with van der Waals surface area (Å²) in [7, 11) is 1.77. The van der Waals surface area contributed by atoms with Crippen LogP contribution in [0.2, 0.25) is 0 Å². The van der Waals surface area contributed by atoms with Crippen LogP contribution >= 0.6 is 24.0 Å². The fourth-order valence-corrected chi connectivity index (χ4v) is 2.25. The van der Waals surface area contributed by atoms with Crippen molar-refractivity contribution >= 4 is 35.8 Å². The van der Waals surface area contributed by atoms with Crippen LogP contribution in [0.4, 0.5) is 0 Å². The smallest absolute Gasteiger partial charge is 0.251 e. The van der Waals surface area contributed by atoms with Crippen molar-refractivity contribution in [3.05, 3.63) is 35.4 Å². The van der Waals surface area contributed by atoms with Crippen molar-refractivity contribution in [1.29, 1.82) is 0 Å². The van der Waals surface area contributed by atoms with Gasteiger partial charge in [0.15, 0.2) is 5.96 Å². The number of hydrogen-bond donors (Lipinski definition) is 3. The van der Waals surface area contributed by atoms with Gasteiger partial charge in [0.05, 0.1) is 0 Å². The number of rotatable bonds is 9. The number of amides is 1. The molecule has 5 nitrogen and oxygen atoms in total. The normalized spacial score (nSPS) is 10.7. The quantitative estimate of drug-likeness (QED) is 0.236. The summed E-state index contributed by atoms with van der Waals surface area (Å²) in [5, 5.41) is 9.41. The third-order valence-corrected chi connectivity index (χ3v) is 3.53. The zero-order valence-corrected chi connectivity index (χ0v) is 17.4. The molecule has 0 spiro atoms. The van der Waals surface area contributed by atoms with Crippen LogP contribution in [-0.2, 0) is 6.54 Å². The van der Waals surface area contributed by atoms with Crippen LogP contribution < -0.4 is 16.0 Å². The summed E-state index contributed by atoms with van der Waals surface area (Å²) in [6, 6.07) is 7.65. The number of guanidine groups is 1.